The lowest BCUT2D eigenvalue weighted by molar-refractivity contribution is -0.386. The van der Waals surface area contributed by atoms with Crippen molar-refractivity contribution in [1.82, 2.24) is 0 Å². The van der Waals surface area contributed by atoms with E-state index in [1.165, 1.54) is 24.3 Å². The Kier molecular flexibility index (Phi) is 4.66. The molecular weight excluding hydrogens is 341 g/mol. The van der Waals surface area contributed by atoms with Crippen LogP contribution in [0.25, 0.3) is 0 Å². The second-order valence-corrected chi connectivity index (χ2v) is 6.16. The highest BCUT2D eigenvalue weighted by molar-refractivity contribution is 7.92. The normalized spacial score (nSPS) is 10.7. The predicted octanol–water partition coefficient (Wildman–Crippen LogP) is 2.41. The van der Waals surface area contributed by atoms with E-state index >= 15 is 0 Å². The highest BCUT2D eigenvalue weighted by Crippen LogP contribution is 2.32. The molecular formula is C14H10FN3O5S. The lowest BCUT2D eigenvalue weighted by atomic mass is 10.2. The average Bonchev–Trinajstić information content (AvgIpc) is 2.54. The average molecular weight is 351 g/mol. The molecule has 0 aliphatic heterocycles. The molecule has 0 unspecified atom stereocenters. The van der Waals surface area contributed by atoms with Crippen molar-refractivity contribution in [2.24, 2.45) is 0 Å². The van der Waals surface area contributed by atoms with Crippen LogP contribution in [0.1, 0.15) is 5.56 Å². The van der Waals surface area contributed by atoms with Gasteiger partial charge in [0, 0.05) is 17.8 Å². The fraction of sp³-hybridized carbons (Fsp3) is 0.0714. The van der Waals surface area contributed by atoms with Crippen LogP contribution in [-0.2, 0) is 10.0 Å². The quantitative estimate of drug-likeness (QED) is 0.652. The van der Waals surface area contributed by atoms with E-state index in [1.807, 2.05) is 6.07 Å². The van der Waals surface area contributed by atoms with Crippen molar-refractivity contribution in [3.8, 4) is 11.8 Å². The minimum Gasteiger partial charge on any atom is -0.490 e. The minimum absolute atomic E-state index is 0.0758. The summed E-state index contributed by atoms with van der Waals surface area (Å²) in [6, 6.07) is 8.43. The topological polar surface area (TPSA) is 122 Å². The molecule has 1 N–H and O–H groups in total. The predicted molar refractivity (Wildman–Crippen MR) is 81.6 cm³/mol. The summed E-state index contributed by atoms with van der Waals surface area (Å²) in [5.41, 5.74) is -0.296. The summed E-state index contributed by atoms with van der Waals surface area (Å²) < 4.78 is 45.3. The third-order valence-electron chi connectivity index (χ3n) is 2.99. The van der Waals surface area contributed by atoms with Crippen LogP contribution in [0, 0.1) is 27.3 Å². The Morgan fingerprint density at radius 2 is 1.92 bits per heavy atom. The van der Waals surface area contributed by atoms with Crippen molar-refractivity contribution < 1.29 is 22.5 Å². The number of anilines is 1. The number of nitro benzene ring substituents is 1. The lowest BCUT2D eigenvalue weighted by Gasteiger charge is -2.10. The van der Waals surface area contributed by atoms with Gasteiger partial charge in [0.1, 0.15) is 10.7 Å². The van der Waals surface area contributed by atoms with Crippen molar-refractivity contribution >= 4 is 21.4 Å². The largest absolute Gasteiger partial charge is 0.490 e. The molecule has 2 aromatic carbocycles. The van der Waals surface area contributed by atoms with E-state index in [4.69, 9.17) is 5.26 Å². The summed E-state index contributed by atoms with van der Waals surface area (Å²) in [5, 5.41) is 19.7. The number of methoxy groups -OCH3 is 1. The number of ether oxygens (including phenoxy) is 1. The third kappa shape index (κ3) is 3.41. The van der Waals surface area contributed by atoms with E-state index in [0.717, 1.165) is 7.11 Å². The van der Waals surface area contributed by atoms with Crippen molar-refractivity contribution in [2.45, 2.75) is 4.90 Å². The highest BCUT2D eigenvalue weighted by atomic mass is 32.2. The number of nitriles is 1. The fourth-order valence-corrected chi connectivity index (χ4v) is 3.00. The number of hydrogen-bond acceptors (Lipinski definition) is 6. The van der Waals surface area contributed by atoms with Gasteiger partial charge in [-0.2, -0.15) is 5.26 Å². The van der Waals surface area contributed by atoms with Crippen molar-refractivity contribution in [3.63, 3.8) is 0 Å². The minimum atomic E-state index is -4.41. The molecule has 124 valence electrons. The zero-order valence-corrected chi connectivity index (χ0v) is 13.0. The van der Waals surface area contributed by atoms with Crippen molar-refractivity contribution in [3.05, 3.63) is 57.9 Å². The van der Waals surface area contributed by atoms with E-state index < -0.39 is 37.1 Å². The van der Waals surface area contributed by atoms with E-state index in [0.29, 0.717) is 17.7 Å². The third-order valence-corrected chi connectivity index (χ3v) is 4.38. The summed E-state index contributed by atoms with van der Waals surface area (Å²) in [4.78, 5) is 9.19. The Morgan fingerprint density at radius 3 is 2.42 bits per heavy atom. The van der Waals surface area contributed by atoms with Gasteiger partial charge in [-0.25, -0.2) is 12.8 Å². The Bertz CT molecular complexity index is 936. The van der Waals surface area contributed by atoms with E-state index in [1.54, 1.807) is 0 Å². The summed E-state index contributed by atoms with van der Waals surface area (Å²) >= 11 is 0. The maximum Gasteiger partial charge on any atom is 0.312 e. The standard InChI is InChI=1S/C14H10FN3O5S/c1-23-13-6-11(15)14(7-12(13)18(19)20)24(21,22)17-10-4-2-9(8-16)3-5-10/h2-7,17H,1H3. The van der Waals surface area contributed by atoms with Gasteiger partial charge in [-0.3, -0.25) is 14.8 Å². The SMILES string of the molecule is COc1cc(F)c(S(=O)(=O)Nc2ccc(C#N)cc2)cc1[N+](=O)[O-]. The number of rotatable bonds is 5. The summed E-state index contributed by atoms with van der Waals surface area (Å²) in [7, 11) is -3.31. The number of nitrogens with zero attached hydrogens (tertiary/aromatic N) is 2. The second-order valence-electron chi connectivity index (χ2n) is 4.51. The Balaban J connectivity index is 2.46. The van der Waals surface area contributed by atoms with Crippen LogP contribution in [-0.4, -0.2) is 20.5 Å². The Morgan fingerprint density at radius 1 is 1.29 bits per heavy atom. The van der Waals surface area contributed by atoms with Gasteiger partial charge in [0.05, 0.1) is 23.7 Å². The van der Waals surface area contributed by atoms with E-state index in [2.05, 4.69) is 9.46 Å². The molecule has 0 amide bonds. The van der Waals surface area contributed by atoms with Gasteiger partial charge in [0.25, 0.3) is 10.0 Å². The van der Waals surface area contributed by atoms with Crippen LogP contribution in [0.5, 0.6) is 5.75 Å². The van der Waals surface area contributed by atoms with Crippen LogP contribution in [0.3, 0.4) is 0 Å². The summed E-state index contributed by atoms with van der Waals surface area (Å²) in [5.74, 6) is -1.59. The number of sulfonamides is 1. The van der Waals surface area contributed by atoms with E-state index in [-0.39, 0.29) is 5.69 Å². The zero-order valence-electron chi connectivity index (χ0n) is 12.2. The van der Waals surface area contributed by atoms with Crippen molar-refractivity contribution in [1.29, 1.82) is 5.26 Å². The van der Waals surface area contributed by atoms with Crippen LogP contribution in [0.4, 0.5) is 15.8 Å². The molecule has 0 atom stereocenters. The van der Waals surface area contributed by atoms with Gasteiger partial charge >= 0.3 is 5.69 Å². The molecule has 0 aliphatic carbocycles. The van der Waals surface area contributed by atoms with E-state index in [9.17, 15) is 22.9 Å². The fourth-order valence-electron chi connectivity index (χ4n) is 1.86. The first-order valence-electron chi connectivity index (χ1n) is 6.33. The van der Waals surface area contributed by atoms with Crippen molar-refractivity contribution in [2.75, 3.05) is 11.8 Å². The molecule has 24 heavy (non-hydrogen) atoms. The zero-order chi connectivity index (χ0) is 17.9. The smallest absolute Gasteiger partial charge is 0.312 e. The van der Waals surface area contributed by atoms with Gasteiger partial charge in [-0.1, -0.05) is 0 Å². The number of hydrogen-bond donors (Lipinski definition) is 1. The second kappa shape index (κ2) is 6.51. The maximum atomic E-state index is 14.0. The van der Waals surface area contributed by atoms with Gasteiger partial charge in [0.2, 0.25) is 0 Å². The Labute approximate surface area is 136 Å². The van der Waals surface area contributed by atoms with Gasteiger partial charge in [-0.05, 0) is 24.3 Å². The van der Waals surface area contributed by atoms with Gasteiger partial charge < -0.3 is 4.74 Å². The molecule has 0 saturated carbocycles. The van der Waals surface area contributed by atoms with Crippen LogP contribution in [0.2, 0.25) is 0 Å². The molecule has 2 rings (SSSR count). The Hall–Kier alpha value is -3.19. The first kappa shape index (κ1) is 17.2. The molecule has 0 spiro atoms. The number of benzene rings is 2. The molecule has 10 heteroatoms. The molecule has 0 saturated heterocycles. The molecule has 0 radical (unpaired) electrons. The van der Waals surface area contributed by atoms with Crippen LogP contribution < -0.4 is 9.46 Å². The first-order valence-corrected chi connectivity index (χ1v) is 7.81. The molecule has 2 aromatic rings. The highest BCUT2D eigenvalue weighted by Gasteiger charge is 2.26. The first-order chi connectivity index (χ1) is 11.3. The summed E-state index contributed by atoms with van der Waals surface area (Å²) in [6.07, 6.45) is 0. The molecule has 0 aliphatic rings. The number of nitro groups is 1. The molecule has 8 nitrogen and oxygen atoms in total. The number of halogens is 1. The molecule has 0 heterocycles. The molecule has 0 aromatic heterocycles. The number of nitrogens with one attached hydrogen (secondary N) is 1. The van der Waals surface area contributed by atoms with Crippen LogP contribution >= 0.6 is 0 Å². The molecule has 0 fully saturated rings. The van der Waals surface area contributed by atoms with Crippen LogP contribution in [0.15, 0.2) is 41.3 Å². The van der Waals surface area contributed by atoms with Gasteiger partial charge in [0.15, 0.2) is 5.75 Å². The summed E-state index contributed by atoms with van der Waals surface area (Å²) in [6.45, 7) is 0. The lowest BCUT2D eigenvalue weighted by Crippen LogP contribution is -2.15. The maximum absolute atomic E-state index is 14.0. The van der Waals surface area contributed by atoms with Gasteiger partial charge in [-0.15, -0.1) is 0 Å². The molecule has 0 bridgehead atoms. The monoisotopic (exact) mass is 351 g/mol.